The number of para-hydroxylation sites is 1. The molecule has 2 atom stereocenters. The molecule has 0 fully saturated rings. The number of hydrogen-bond acceptors (Lipinski definition) is 6. The molecule has 46 heavy (non-hydrogen) atoms. The van der Waals surface area contributed by atoms with Gasteiger partial charge in [0, 0.05) is 19.5 Å². The standard InChI is InChI=1S/C35H41N5O6/c1-35(2)34(45)39-27(22-25-14-7-4-8-15-25)32(43)36-19-11-21-46-29-17-10-9-16-26(29)31(42)38-28(23-30(41)40-35)33(44)37-20-18-24-12-5-3-6-13-24/h3-10,12-17,27-28H,11,18-23H2,1-2H3,(H,36,43)(H,37,44)(H,38,42)(H,39,45)(H,40,41)/t27-,28-/m0/s1. The predicted octanol–water partition coefficient (Wildman–Crippen LogP) is 2.06. The van der Waals surface area contributed by atoms with Gasteiger partial charge >= 0.3 is 0 Å². The molecule has 5 N–H and O–H groups in total. The Kier molecular flexibility index (Phi) is 11.9. The Labute approximate surface area is 268 Å². The highest BCUT2D eigenvalue weighted by molar-refractivity contribution is 6.01. The first-order valence-electron chi connectivity index (χ1n) is 15.4. The molecule has 0 bridgehead atoms. The fourth-order valence-electron chi connectivity index (χ4n) is 4.95. The summed E-state index contributed by atoms with van der Waals surface area (Å²) in [5.74, 6) is -2.44. The number of fused-ring (bicyclic) bond motifs is 1. The van der Waals surface area contributed by atoms with Crippen LogP contribution < -0.4 is 31.3 Å². The smallest absolute Gasteiger partial charge is 0.255 e. The van der Waals surface area contributed by atoms with Gasteiger partial charge in [-0.05, 0) is 49.9 Å². The molecule has 11 heteroatoms. The van der Waals surface area contributed by atoms with Gasteiger partial charge in [-0.2, -0.15) is 0 Å². The van der Waals surface area contributed by atoms with Gasteiger partial charge in [-0.3, -0.25) is 24.0 Å². The number of carbonyl (C=O) groups excluding carboxylic acids is 5. The highest BCUT2D eigenvalue weighted by Crippen LogP contribution is 2.19. The number of nitrogens with one attached hydrogen (secondary N) is 5. The molecule has 0 saturated carbocycles. The van der Waals surface area contributed by atoms with Crippen LogP contribution in [0.3, 0.4) is 0 Å². The first-order valence-corrected chi connectivity index (χ1v) is 15.4. The first-order chi connectivity index (χ1) is 22.1. The van der Waals surface area contributed by atoms with Gasteiger partial charge in [0.15, 0.2) is 0 Å². The molecule has 1 heterocycles. The van der Waals surface area contributed by atoms with Gasteiger partial charge in [-0.15, -0.1) is 0 Å². The molecular formula is C35H41N5O6. The van der Waals surface area contributed by atoms with Crippen molar-refractivity contribution in [3.05, 3.63) is 102 Å². The molecule has 11 nitrogen and oxygen atoms in total. The van der Waals surface area contributed by atoms with E-state index in [0.29, 0.717) is 18.6 Å². The van der Waals surface area contributed by atoms with Crippen LogP contribution in [0.2, 0.25) is 0 Å². The average molecular weight is 628 g/mol. The van der Waals surface area contributed by atoms with Crippen molar-refractivity contribution in [2.75, 3.05) is 19.7 Å². The molecule has 4 rings (SSSR count). The Balaban J connectivity index is 1.55. The van der Waals surface area contributed by atoms with Gasteiger partial charge in [0.05, 0.1) is 18.6 Å². The van der Waals surface area contributed by atoms with E-state index >= 15 is 0 Å². The zero-order valence-electron chi connectivity index (χ0n) is 26.1. The van der Waals surface area contributed by atoms with Gasteiger partial charge in [0.2, 0.25) is 23.6 Å². The van der Waals surface area contributed by atoms with Crippen molar-refractivity contribution in [1.82, 2.24) is 26.6 Å². The zero-order valence-corrected chi connectivity index (χ0v) is 26.1. The molecule has 0 unspecified atom stereocenters. The number of benzene rings is 3. The fourth-order valence-corrected chi connectivity index (χ4v) is 4.95. The van der Waals surface area contributed by atoms with E-state index in [-0.39, 0.29) is 37.6 Å². The van der Waals surface area contributed by atoms with E-state index < -0.39 is 47.7 Å². The van der Waals surface area contributed by atoms with Crippen molar-refractivity contribution in [2.45, 2.75) is 57.2 Å². The zero-order chi connectivity index (χ0) is 32.9. The second-order valence-electron chi connectivity index (χ2n) is 11.6. The Morgan fingerprint density at radius 2 is 1.52 bits per heavy atom. The van der Waals surface area contributed by atoms with Crippen molar-refractivity contribution >= 4 is 29.5 Å². The number of rotatable bonds is 6. The summed E-state index contributed by atoms with van der Waals surface area (Å²) < 4.78 is 5.87. The number of amides is 5. The Morgan fingerprint density at radius 1 is 0.870 bits per heavy atom. The van der Waals surface area contributed by atoms with Gasteiger partial charge in [0.25, 0.3) is 5.91 Å². The lowest BCUT2D eigenvalue weighted by molar-refractivity contribution is -0.135. The lowest BCUT2D eigenvalue weighted by atomic mass is 10.00. The van der Waals surface area contributed by atoms with E-state index in [1.54, 1.807) is 24.3 Å². The Hall–Kier alpha value is -5.19. The van der Waals surface area contributed by atoms with Crippen LogP contribution in [-0.4, -0.2) is 66.9 Å². The number of carbonyl (C=O) groups is 5. The lowest BCUT2D eigenvalue weighted by Gasteiger charge is -2.29. The maximum Gasteiger partial charge on any atom is 0.255 e. The van der Waals surface area contributed by atoms with E-state index in [1.807, 2.05) is 60.7 Å². The van der Waals surface area contributed by atoms with Crippen LogP contribution in [0.5, 0.6) is 5.75 Å². The van der Waals surface area contributed by atoms with Crippen LogP contribution in [-0.2, 0) is 32.0 Å². The van der Waals surface area contributed by atoms with Crippen LogP contribution in [0.1, 0.15) is 48.2 Å². The molecule has 242 valence electrons. The third-order valence-electron chi connectivity index (χ3n) is 7.50. The van der Waals surface area contributed by atoms with Gasteiger partial charge in [0.1, 0.15) is 23.4 Å². The maximum absolute atomic E-state index is 13.4. The normalized spacial score (nSPS) is 19.4. The Bertz CT molecular complexity index is 1510. The topological polar surface area (TPSA) is 155 Å². The summed E-state index contributed by atoms with van der Waals surface area (Å²) in [7, 11) is 0. The van der Waals surface area contributed by atoms with Crippen LogP contribution in [0.25, 0.3) is 0 Å². The molecule has 1 aliphatic rings. The molecule has 3 aromatic carbocycles. The minimum atomic E-state index is -1.45. The SMILES string of the molecule is CC1(C)NC(=O)C[C@@H](C(=O)NCCc2ccccc2)NC(=O)c2ccccc2OCCCNC(=O)[C@H](Cc2ccccc2)NC1=O. The van der Waals surface area contributed by atoms with Gasteiger partial charge < -0.3 is 31.3 Å². The average Bonchev–Trinajstić information content (AvgIpc) is 3.04. The van der Waals surface area contributed by atoms with E-state index in [2.05, 4.69) is 26.6 Å². The monoisotopic (exact) mass is 627 g/mol. The van der Waals surface area contributed by atoms with Gasteiger partial charge in [-0.1, -0.05) is 72.8 Å². The van der Waals surface area contributed by atoms with Crippen LogP contribution in [0, 0.1) is 0 Å². The summed E-state index contributed by atoms with van der Waals surface area (Å²) >= 11 is 0. The van der Waals surface area contributed by atoms with Crippen molar-refractivity contribution in [1.29, 1.82) is 0 Å². The molecular weight excluding hydrogens is 586 g/mol. The van der Waals surface area contributed by atoms with E-state index in [0.717, 1.165) is 11.1 Å². The lowest BCUT2D eigenvalue weighted by Crippen LogP contribution is -2.60. The highest BCUT2D eigenvalue weighted by atomic mass is 16.5. The highest BCUT2D eigenvalue weighted by Gasteiger charge is 2.35. The second-order valence-corrected chi connectivity index (χ2v) is 11.6. The molecule has 5 amide bonds. The molecule has 3 aromatic rings. The summed E-state index contributed by atoms with van der Waals surface area (Å²) in [6, 6.07) is 23.3. The Morgan fingerprint density at radius 3 is 2.24 bits per heavy atom. The maximum atomic E-state index is 13.4. The van der Waals surface area contributed by atoms with E-state index in [9.17, 15) is 24.0 Å². The third kappa shape index (κ3) is 9.91. The molecule has 0 spiro atoms. The quantitative estimate of drug-likeness (QED) is 0.282. The van der Waals surface area contributed by atoms with Crippen molar-refractivity contribution in [3.8, 4) is 5.75 Å². The molecule has 0 radical (unpaired) electrons. The van der Waals surface area contributed by atoms with Crippen LogP contribution >= 0.6 is 0 Å². The number of hydrogen-bond donors (Lipinski definition) is 5. The van der Waals surface area contributed by atoms with Crippen LogP contribution in [0.15, 0.2) is 84.9 Å². The molecule has 1 aliphatic heterocycles. The largest absolute Gasteiger partial charge is 0.493 e. The van der Waals surface area contributed by atoms with Crippen molar-refractivity contribution in [3.63, 3.8) is 0 Å². The van der Waals surface area contributed by atoms with Crippen LogP contribution in [0.4, 0.5) is 0 Å². The summed E-state index contributed by atoms with van der Waals surface area (Å²) in [4.78, 5) is 66.7. The minimum absolute atomic E-state index is 0.192. The van der Waals surface area contributed by atoms with Crippen molar-refractivity contribution < 1.29 is 28.7 Å². The van der Waals surface area contributed by atoms with E-state index in [4.69, 9.17) is 4.74 Å². The fraction of sp³-hybridized carbons (Fsp3) is 0.343. The summed E-state index contributed by atoms with van der Waals surface area (Å²) in [5.41, 5.74) is 0.616. The summed E-state index contributed by atoms with van der Waals surface area (Å²) in [6.07, 6.45) is 0.795. The molecule has 0 aliphatic carbocycles. The second kappa shape index (κ2) is 16.2. The first kappa shape index (κ1) is 33.7. The number of ether oxygens (including phenoxy) is 1. The summed E-state index contributed by atoms with van der Waals surface area (Å²) in [6.45, 7) is 3.77. The summed E-state index contributed by atoms with van der Waals surface area (Å²) in [5, 5.41) is 13.8. The molecule has 0 aromatic heterocycles. The predicted molar refractivity (Wildman–Crippen MR) is 173 cm³/mol. The van der Waals surface area contributed by atoms with Crippen molar-refractivity contribution in [2.24, 2.45) is 0 Å². The van der Waals surface area contributed by atoms with Gasteiger partial charge in [-0.25, -0.2) is 0 Å². The van der Waals surface area contributed by atoms with E-state index in [1.165, 1.54) is 13.8 Å². The minimum Gasteiger partial charge on any atom is -0.493 e. The molecule has 0 saturated heterocycles. The third-order valence-corrected chi connectivity index (χ3v) is 7.50.